The van der Waals surface area contributed by atoms with E-state index in [2.05, 4.69) is 4.74 Å². The molecule has 0 aliphatic heterocycles. The highest BCUT2D eigenvalue weighted by molar-refractivity contribution is 5.78. The first kappa shape index (κ1) is 11.6. The molecule has 0 N–H and O–H groups in total. The molecule has 82 valence electrons. The van der Waals surface area contributed by atoms with E-state index in [-0.39, 0.29) is 5.97 Å². The molecule has 0 unspecified atom stereocenters. The molecular weight excluding hydrogens is 192 g/mol. The van der Waals surface area contributed by atoms with Gasteiger partial charge in [0, 0.05) is 0 Å². The van der Waals surface area contributed by atoms with E-state index in [1.165, 1.54) is 7.11 Å². The van der Waals surface area contributed by atoms with Crippen LogP contribution >= 0.6 is 0 Å². The second-order valence-electron chi connectivity index (χ2n) is 3.92. The van der Waals surface area contributed by atoms with Crippen LogP contribution in [0, 0.1) is 6.92 Å². The molecule has 0 aliphatic carbocycles. The lowest BCUT2D eigenvalue weighted by molar-refractivity contribution is -0.156. The molecule has 0 radical (unpaired) electrons. The largest absolute Gasteiger partial charge is 0.476 e. The van der Waals surface area contributed by atoms with E-state index < -0.39 is 5.60 Å². The standard InChI is InChI=1S/C12H16O3/c1-9-5-7-10(8-6-9)15-12(2,3)11(13)14-4/h5-8H,1-4H3. The van der Waals surface area contributed by atoms with Crippen molar-refractivity contribution in [3.63, 3.8) is 0 Å². The van der Waals surface area contributed by atoms with Crippen LogP contribution in [0.2, 0.25) is 0 Å². The van der Waals surface area contributed by atoms with Crippen LogP contribution in [0.5, 0.6) is 5.75 Å². The second-order valence-corrected chi connectivity index (χ2v) is 3.92. The first-order valence-corrected chi connectivity index (χ1v) is 4.80. The number of esters is 1. The Labute approximate surface area is 90.0 Å². The van der Waals surface area contributed by atoms with Gasteiger partial charge in [-0.2, -0.15) is 0 Å². The summed E-state index contributed by atoms with van der Waals surface area (Å²) in [5.74, 6) is 0.277. The molecule has 0 heterocycles. The first-order chi connectivity index (χ1) is 6.95. The fourth-order valence-electron chi connectivity index (χ4n) is 1.19. The maximum Gasteiger partial charge on any atom is 0.349 e. The Bertz CT molecular complexity index is 338. The number of carbonyl (C=O) groups is 1. The van der Waals surface area contributed by atoms with Crippen LogP contribution in [0.1, 0.15) is 19.4 Å². The molecule has 3 heteroatoms. The van der Waals surface area contributed by atoms with Crippen molar-refractivity contribution in [3.8, 4) is 5.75 Å². The lowest BCUT2D eigenvalue weighted by atomic mass is 10.1. The predicted octanol–water partition coefficient (Wildman–Crippen LogP) is 2.33. The lowest BCUT2D eigenvalue weighted by Gasteiger charge is -2.23. The Morgan fingerprint density at radius 1 is 1.20 bits per heavy atom. The summed E-state index contributed by atoms with van der Waals surface area (Å²) in [6, 6.07) is 7.53. The van der Waals surface area contributed by atoms with Gasteiger partial charge in [-0.3, -0.25) is 0 Å². The molecular formula is C12H16O3. The normalized spacial score (nSPS) is 10.9. The summed E-state index contributed by atoms with van der Waals surface area (Å²) < 4.78 is 10.2. The number of ether oxygens (including phenoxy) is 2. The number of hydrogen-bond acceptors (Lipinski definition) is 3. The number of aryl methyl sites for hydroxylation is 1. The van der Waals surface area contributed by atoms with Crippen molar-refractivity contribution in [1.29, 1.82) is 0 Å². The van der Waals surface area contributed by atoms with Crippen LogP contribution in [-0.2, 0) is 9.53 Å². The third-order valence-electron chi connectivity index (χ3n) is 2.07. The number of carbonyl (C=O) groups excluding carboxylic acids is 1. The fraction of sp³-hybridized carbons (Fsp3) is 0.417. The average Bonchev–Trinajstić information content (AvgIpc) is 2.20. The van der Waals surface area contributed by atoms with Crippen LogP contribution in [0.4, 0.5) is 0 Å². The van der Waals surface area contributed by atoms with Crippen molar-refractivity contribution < 1.29 is 14.3 Å². The Hall–Kier alpha value is -1.51. The number of benzene rings is 1. The minimum atomic E-state index is -0.954. The van der Waals surface area contributed by atoms with Crippen LogP contribution < -0.4 is 4.74 Å². The van der Waals surface area contributed by atoms with Gasteiger partial charge in [0.05, 0.1) is 7.11 Å². The van der Waals surface area contributed by atoms with Crippen molar-refractivity contribution in [1.82, 2.24) is 0 Å². The van der Waals surface area contributed by atoms with Crippen LogP contribution in [0.3, 0.4) is 0 Å². The summed E-state index contributed by atoms with van der Waals surface area (Å²) in [6.45, 7) is 5.35. The zero-order valence-electron chi connectivity index (χ0n) is 9.53. The van der Waals surface area contributed by atoms with E-state index in [0.29, 0.717) is 5.75 Å². The van der Waals surface area contributed by atoms with Gasteiger partial charge in [-0.15, -0.1) is 0 Å². The minimum absolute atomic E-state index is 0.386. The molecule has 0 saturated heterocycles. The van der Waals surface area contributed by atoms with E-state index >= 15 is 0 Å². The number of hydrogen-bond donors (Lipinski definition) is 0. The van der Waals surface area contributed by atoms with Gasteiger partial charge in [0.25, 0.3) is 0 Å². The van der Waals surface area contributed by atoms with Crippen LogP contribution in [-0.4, -0.2) is 18.7 Å². The highest BCUT2D eigenvalue weighted by Crippen LogP contribution is 2.19. The molecule has 0 amide bonds. The molecule has 3 nitrogen and oxygen atoms in total. The van der Waals surface area contributed by atoms with Gasteiger partial charge in [0.15, 0.2) is 5.60 Å². The Balaban J connectivity index is 2.77. The van der Waals surface area contributed by atoms with Gasteiger partial charge in [-0.1, -0.05) is 17.7 Å². The second kappa shape index (κ2) is 4.34. The van der Waals surface area contributed by atoms with Crippen molar-refractivity contribution in [2.45, 2.75) is 26.4 Å². The van der Waals surface area contributed by atoms with Crippen molar-refractivity contribution in [2.24, 2.45) is 0 Å². The maximum atomic E-state index is 11.4. The maximum absolute atomic E-state index is 11.4. The van der Waals surface area contributed by atoms with E-state index in [1.807, 2.05) is 31.2 Å². The van der Waals surface area contributed by atoms with E-state index in [4.69, 9.17) is 4.74 Å². The quantitative estimate of drug-likeness (QED) is 0.715. The van der Waals surface area contributed by atoms with Gasteiger partial charge >= 0.3 is 5.97 Å². The van der Waals surface area contributed by atoms with Crippen LogP contribution in [0.15, 0.2) is 24.3 Å². The van der Waals surface area contributed by atoms with E-state index in [0.717, 1.165) is 5.56 Å². The first-order valence-electron chi connectivity index (χ1n) is 4.80. The average molecular weight is 208 g/mol. The van der Waals surface area contributed by atoms with E-state index in [9.17, 15) is 4.79 Å². The summed E-state index contributed by atoms with van der Waals surface area (Å²) in [7, 11) is 1.35. The van der Waals surface area contributed by atoms with Crippen LogP contribution in [0.25, 0.3) is 0 Å². The van der Waals surface area contributed by atoms with Crippen molar-refractivity contribution in [2.75, 3.05) is 7.11 Å². The smallest absolute Gasteiger partial charge is 0.349 e. The molecule has 1 aromatic rings. The third kappa shape index (κ3) is 2.98. The molecule has 0 saturated carbocycles. The molecule has 1 aromatic carbocycles. The molecule has 1 rings (SSSR count). The Morgan fingerprint density at radius 3 is 2.20 bits per heavy atom. The Kier molecular flexibility index (Phi) is 3.35. The zero-order valence-corrected chi connectivity index (χ0v) is 9.53. The summed E-state index contributed by atoms with van der Waals surface area (Å²) in [4.78, 5) is 11.4. The molecule has 15 heavy (non-hydrogen) atoms. The Morgan fingerprint density at radius 2 is 1.73 bits per heavy atom. The molecule has 0 aliphatic rings. The molecule has 0 aromatic heterocycles. The predicted molar refractivity (Wildman–Crippen MR) is 57.9 cm³/mol. The topological polar surface area (TPSA) is 35.5 Å². The zero-order chi connectivity index (χ0) is 11.5. The van der Waals surface area contributed by atoms with Gasteiger partial charge in [0.2, 0.25) is 0 Å². The van der Waals surface area contributed by atoms with Crippen molar-refractivity contribution >= 4 is 5.97 Å². The fourth-order valence-corrected chi connectivity index (χ4v) is 1.19. The van der Waals surface area contributed by atoms with Gasteiger partial charge in [0.1, 0.15) is 5.75 Å². The summed E-state index contributed by atoms with van der Waals surface area (Å²) >= 11 is 0. The minimum Gasteiger partial charge on any atom is -0.476 e. The SMILES string of the molecule is COC(=O)C(C)(C)Oc1ccc(C)cc1. The third-order valence-corrected chi connectivity index (χ3v) is 2.07. The van der Waals surface area contributed by atoms with Gasteiger partial charge < -0.3 is 9.47 Å². The van der Waals surface area contributed by atoms with E-state index in [1.54, 1.807) is 13.8 Å². The lowest BCUT2D eigenvalue weighted by Crippen LogP contribution is -2.39. The highest BCUT2D eigenvalue weighted by Gasteiger charge is 2.30. The summed E-state index contributed by atoms with van der Waals surface area (Å²) in [6.07, 6.45) is 0. The van der Waals surface area contributed by atoms with Crippen molar-refractivity contribution in [3.05, 3.63) is 29.8 Å². The van der Waals surface area contributed by atoms with Gasteiger partial charge in [-0.05, 0) is 32.9 Å². The number of rotatable bonds is 3. The van der Waals surface area contributed by atoms with Gasteiger partial charge in [-0.25, -0.2) is 4.79 Å². The highest BCUT2D eigenvalue weighted by atomic mass is 16.6. The molecule has 0 bridgehead atoms. The summed E-state index contributed by atoms with van der Waals surface area (Å²) in [5.41, 5.74) is 0.197. The molecule has 0 spiro atoms. The summed E-state index contributed by atoms with van der Waals surface area (Å²) in [5, 5.41) is 0. The number of methoxy groups -OCH3 is 1. The monoisotopic (exact) mass is 208 g/mol. The molecule has 0 atom stereocenters. The molecule has 0 fully saturated rings.